The van der Waals surface area contributed by atoms with E-state index in [-0.39, 0.29) is 50.1 Å². The van der Waals surface area contributed by atoms with Crippen LogP contribution in [0.5, 0.6) is 0 Å². The Labute approximate surface area is 243 Å². The van der Waals surface area contributed by atoms with Crippen LogP contribution < -0.4 is 11.5 Å². The van der Waals surface area contributed by atoms with Crippen molar-refractivity contribution in [1.29, 1.82) is 0 Å². The number of hydrogen-bond donors (Lipinski definition) is 4. The molecule has 1 aromatic carbocycles. The topological polar surface area (TPSA) is 195 Å². The Morgan fingerprint density at radius 1 is 0.683 bits per heavy atom. The summed E-state index contributed by atoms with van der Waals surface area (Å²) in [5.74, 6) is -4.36. The summed E-state index contributed by atoms with van der Waals surface area (Å²) in [4.78, 5) is 67.2. The van der Waals surface area contributed by atoms with Gasteiger partial charge in [-0.2, -0.15) is 0 Å². The molecule has 0 aliphatic heterocycles. The fourth-order valence-electron chi connectivity index (χ4n) is 4.35. The fraction of sp³-hybridized carbons (Fsp3) is 0.613. The molecule has 0 saturated carbocycles. The number of amides is 2. The van der Waals surface area contributed by atoms with E-state index in [0.29, 0.717) is 25.2 Å². The van der Waals surface area contributed by atoms with Gasteiger partial charge in [-0.25, -0.2) is 0 Å². The lowest BCUT2D eigenvalue weighted by atomic mass is 9.90. The summed E-state index contributed by atoms with van der Waals surface area (Å²) in [5.41, 5.74) is 11.1. The minimum absolute atomic E-state index is 0.00677. The number of benzene rings is 1. The van der Waals surface area contributed by atoms with Gasteiger partial charge < -0.3 is 21.7 Å². The van der Waals surface area contributed by atoms with Crippen LogP contribution in [0, 0.1) is 17.8 Å². The highest BCUT2D eigenvalue weighted by molar-refractivity contribution is 5.85. The Hall–Kier alpha value is -3.56. The van der Waals surface area contributed by atoms with Gasteiger partial charge in [0.1, 0.15) is 11.6 Å². The lowest BCUT2D eigenvalue weighted by molar-refractivity contribution is -0.144. The van der Waals surface area contributed by atoms with E-state index < -0.39 is 35.6 Å². The van der Waals surface area contributed by atoms with Crippen LogP contribution in [-0.2, 0) is 35.2 Å². The Morgan fingerprint density at radius 3 is 1.59 bits per heavy atom. The zero-order chi connectivity index (χ0) is 31.2. The monoisotopic (exact) mass is 576 g/mol. The van der Waals surface area contributed by atoms with Gasteiger partial charge in [-0.05, 0) is 37.2 Å². The van der Waals surface area contributed by atoms with E-state index in [2.05, 4.69) is 13.8 Å². The van der Waals surface area contributed by atoms with Gasteiger partial charge in [-0.1, -0.05) is 69.9 Å². The number of primary amides is 2. The maximum atomic E-state index is 11.9. The minimum Gasteiger partial charge on any atom is -0.481 e. The van der Waals surface area contributed by atoms with Crippen LogP contribution in [0.1, 0.15) is 103 Å². The van der Waals surface area contributed by atoms with Crippen LogP contribution in [0.15, 0.2) is 30.3 Å². The Kier molecular flexibility index (Phi) is 20.2. The van der Waals surface area contributed by atoms with Gasteiger partial charge in [0.25, 0.3) is 0 Å². The molecule has 230 valence electrons. The standard InChI is InChI=1S/C16H29NO4.C15H19NO4/c1-3-5-6-12(4-2)7-9-14(18)11-13(16(20)21)8-10-15(17)19;16-14(18)9-7-12(15(19)20)10-13(17)8-6-11-4-2-1-3-5-11/h12-13H,3-11H2,1-2H3,(H2,17,19)(H,20,21);1-5,12H,6-10H2,(H2,16,18)(H,19,20)/t12?,13-;12-/m11/s1. The molecule has 3 atom stereocenters. The Morgan fingerprint density at radius 2 is 1.17 bits per heavy atom. The molecule has 10 nitrogen and oxygen atoms in total. The summed E-state index contributed by atoms with van der Waals surface area (Å²) < 4.78 is 0. The third kappa shape index (κ3) is 20.0. The van der Waals surface area contributed by atoms with E-state index in [9.17, 15) is 28.8 Å². The van der Waals surface area contributed by atoms with Crippen LogP contribution in [0.2, 0.25) is 0 Å². The van der Waals surface area contributed by atoms with E-state index in [1.54, 1.807) is 0 Å². The SMILES string of the molecule is CCCCC(CC)CCC(=O)C[C@@H](CCC(N)=O)C(=O)O.NC(=O)CC[C@H](CC(=O)CCc1ccccc1)C(=O)O. The number of aliphatic carboxylic acids is 2. The number of hydrogen-bond acceptors (Lipinski definition) is 6. The van der Waals surface area contributed by atoms with E-state index in [1.165, 1.54) is 6.42 Å². The normalized spacial score (nSPS) is 12.7. The van der Waals surface area contributed by atoms with E-state index in [4.69, 9.17) is 21.7 Å². The molecule has 0 aliphatic carbocycles. The highest BCUT2D eigenvalue weighted by atomic mass is 16.4. The predicted octanol–water partition coefficient (Wildman–Crippen LogP) is 4.45. The van der Waals surface area contributed by atoms with E-state index in [1.807, 2.05) is 30.3 Å². The number of ketones is 2. The van der Waals surface area contributed by atoms with E-state index in [0.717, 1.165) is 31.2 Å². The first-order valence-corrected chi connectivity index (χ1v) is 14.5. The minimum atomic E-state index is -1.06. The number of aryl methyl sites for hydroxylation is 1. The summed E-state index contributed by atoms with van der Waals surface area (Å²) in [7, 11) is 0. The molecule has 0 radical (unpaired) electrons. The molecule has 0 spiro atoms. The second-order valence-electron chi connectivity index (χ2n) is 10.5. The molecule has 0 bridgehead atoms. The van der Waals surface area contributed by atoms with Crippen molar-refractivity contribution in [2.24, 2.45) is 29.2 Å². The van der Waals surface area contributed by atoms with Gasteiger partial charge in [0.2, 0.25) is 11.8 Å². The quantitative estimate of drug-likeness (QED) is 0.155. The third-order valence-electron chi connectivity index (χ3n) is 7.04. The first kappa shape index (κ1) is 37.4. The van der Waals surface area contributed by atoms with Crippen LogP contribution in [0.3, 0.4) is 0 Å². The maximum absolute atomic E-state index is 11.9. The summed E-state index contributed by atoms with van der Waals surface area (Å²) in [6, 6.07) is 9.54. The van der Waals surface area contributed by atoms with Crippen molar-refractivity contribution < 1.29 is 39.0 Å². The number of carboxylic acids is 2. The van der Waals surface area contributed by atoms with Crippen molar-refractivity contribution in [2.75, 3.05) is 0 Å². The molecule has 6 N–H and O–H groups in total. The van der Waals surface area contributed by atoms with Crippen molar-refractivity contribution in [3.8, 4) is 0 Å². The number of carbonyl (C=O) groups excluding carboxylic acids is 4. The average Bonchev–Trinajstić information content (AvgIpc) is 2.92. The summed E-state index contributed by atoms with van der Waals surface area (Å²) >= 11 is 0. The van der Waals surface area contributed by atoms with Crippen molar-refractivity contribution in [3.63, 3.8) is 0 Å². The summed E-state index contributed by atoms with van der Waals surface area (Å²) in [5, 5.41) is 18.1. The average molecular weight is 577 g/mol. The maximum Gasteiger partial charge on any atom is 0.306 e. The predicted molar refractivity (Wildman–Crippen MR) is 156 cm³/mol. The smallest absolute Gasteiger partial charge is 0.306 e. The van der Waals surface area contributed by atoms with Crippen LogP contribution in [0.4, 0.5) is 0 Å². The Bertz CT molecular complexity index is 964. The van der Waals surface area contributed by atoms with Gasteiger partial charge in [0, 0.05) is 38.5 Å². The molecular formula is C31H48N2O8. The molecule has 0 aliphatic rings. The number of rotatable bonds is 22. The van der Waals surface area contributed by atoms with Crippen LogP contribution in [0.25, 0.3) is 0 Å². The van der Waals surface area contributed by atoms with Crippen molar-refractivity contribution in [1.82, 2.24) is 0 Å². The first-order valence-electron chi connectivity index (χ1n) is 14.5. The largest absolute Gasteiger partial charge is 0.481 e. The van der Waals surface area contributed by atoms with E-state index >= 15 is 0 Å². The molecule has 0 aromatic heterocycles. The van der Waals surface area contributed by atoms with Crippen molar-refractivity contribution in [3.05, 3.63) is 35.9 Å². The second kappa shape index (κ2) is 22.2. The molecule has 41 heavy (non-hydrogen) atoms. The summed E-state index contributed by atoms with van der Waals surface area (Å²) in [6.07, 6.45) is 6.89. The molecule has 1 unspecified atom stereocenters. The van der Waals surface area contributed by atoms with Crippen LogP contribution >= 0.6 is 0 Å². The molecule has 1 aromatic rings. The van der Waals surface area contributed by atoms with Crippen molar-refractivity contribution in [2.45, 2.75) is 104 Å². The molecule has 0 fully saturated rings. The van der Waals surface area contributed by atoms with Gasteiger partial charge in [-0.3, -0.25) is 28.8 Å². The fourth-order valence-corrected chi connectivity index (χ4v) is 4.35. The number of nitrogens with two attached hydrogens (primary N) is 2. The molecule has 0 heterocycles. The Balaban J connectivity index is 0.000000781. The second-order valence-corrected chi connectivity index (χ2v) is 10.5. The van der Waals surface area contributed by atoms with Crippen molar-refractivity contribution >= 4 is 35.3 Å². The molecular weight excluding hydrogens is 528 g/mol. The molecule has 2 amide bonds. The number of carbonyl (C=O) groups is 6. The molecule has 10 heteroatoms. The van der Waals surface area contributed by atoms with Gasteiger partial charge in [0.15, 0.2) is 0 Å². The zero-order valence-electron chi connectivity index (χ0n) is 24.5. The zero-order valence-corrected chi connectivity index (χ0v) is 24.5. The number of unbranched alkanes of at least 4 members (excludes halogenated alkanes) is 1. The first-order chi connectivity index (χ1) is 19.4. The lowest BCUT2D eigenvalue weighted by Crippen LogP contribution is -2.21. The highest BCUT2D eigenvalue weighted by Gasteiger charge is 2.23. The molecule has 0 saturated heterocycles. The number of Topliss-reactive ketones (excluding diaryl/α,β-unsaturated/α-hetero) is 2. The third-order valence-corrected chi connectivity index (χ3v) is 7.04. The number of carboxylic acid groups (broad SMARTS) is 2. The van der Waals surface area contributed by atoms with Gasteiger partial charge in [0.05, 0.1) is 11.8 Å². The lowest BCUT2D eigenvalue weighted by Gasteiger charge is -2.15. The highest BCUT2D eigenvalue weighted by Crippen LogP contribution is 2.21. The molecule has 1 rings (SSSR count). The van der Waals surface area contributed by atoms with Gasteiger partial charge in [-0.15, -0.1) is 0 Å². The summed E-state index contributed by atoms with van der Waals surface area (Å²) in [6.45, 7) is 4.27. The van der Waals surface area contributed by atoms with Crippen LogP contribution in [-0.4, -0.2) is 45.5 Å². The van der Waals surface area contributed by atoms with Gasteiger partial charge >= 0.3 is 11.9 Å².